The van der Waals surface area contributed by atoms with E-state index in [0.29, 0.717) is 23.4 Å². The molecule has 0 aromatic heterocycles. The number of carbonyl (C=O) groups is 3. The number of nitro benzene ring substituents is 1. The Balaban J connectivity index is 1.34. The number of benzene rings is 4. The Kier molecular flexibility index (Phi) is 8.55. The molecule has 0 saturated carbocycles. The number of hydrogen-bond donors (Lipinski definition) is 5. The van der Waals surface area contributed by atoms with Gasteiger partial charge in [-0.15, -0.1) is 0 Å². The third-order valence-corrected chi connectivity index (χ3v) is 6.00. The molecule has 4 aromatic rings. The predicted octanol–water partition coefficient (Wildman–Crippen LogP) is 5.08. The van der Waals surface area contributed by atoms with Gasteiger partial charge in [-0.05, 0) is 71.6 Å². The fraction of sp³-hybridized carbons (Fsp3) is 0.0690. The zero-order valence-electron chi connectivity index (χ0n) is 21.2. The molecule has 0 heterocycles. The molecule has 0 aliphatic rings. The number of nitrogens with zero attached hydrogens (tertiary/aromatic N) is 1. The largest absolute Gasteiger partial charge is 0.508 e. The summed E-state index contributed by atoms with van der Waals surface area (Å²) in [5.41, 5.74) is 4.92. The molecule has 1 amide bonds. The highest BCUT2D eigenvalue weighted by molar-refractivity contribution is 6.11. The van der Waals surface area contributed by atoms with Gasteiger partial charge in [0.2, 0.25) is 0 Å². The molecule has 0 fully saturated rings. The van der Waals surface area contributed by atoms with E-state index in [1.807, 2.05) is 12.1 Å². The number of aromatic carboxylic acids is 2. The van der Waals surface area contributed by atoms with Gasteiger partial charge in [-0.25, -0.2) is 9.59 Å². The van der Waals surface area contributed by atoms with Crippen molar-refractivity contribution in [1.82, 2.24) is 0 Å². The van der Waals surface area contributed by atoms with E-state index in [4.69, 9.17) is 4.84 Å². The summed E-state index contributed by atoms with van der Waals surface area (Å²) in [5.74, 6) is -3.36. The van der Waals surface area contributed by atoms with Crippen LogP contribution in [0.2, 0.25) is 0 Å². The quantitative estimate of drug-likeness (QED) is 0.123. The Morgan fingerprint density at radius 3 is 1.93 bits per heavy atom. The second kappa shape index (κ2) is 12.4. The number of carbonyl (C=O) groups excluding carboxylic acids is 1. The Bertz CT molecular complexity index is 1620. The fourth-order valence-electron chi connectivity index (χ4n) is 3.96. The summed E-state index contributed by atoms with van der Waals surface area (Å²) in [6, 6.07) is 21.0. The molecule has 0 bridgehead atoms. The smallest absolute Gasteiger partial charge is 0.336 e. The van der Waals surface area contributed by atoms with Crippen LogP contribution in [0.25, 0.3) is 0 Å². The van der Waals surface area contributed by atoms with Crippen LogP contribution in [0.4, 0.5) is 17.1 Å². The topological polar surface area (TPSA) is 188 Å². The first-order chi connectivity index (χ1) is 19.6. The Morgan fingerprint density at radius 2 is 1.34 bits per heavy atom. The summed E-state index contributed by atoms with van der Waals surface area (Å²) in [4.78, 5) is 51.2. The Hall–Kier alpha value is -5.75. The monoisotopic (exact) mass is 557 g/mol. The van der Waals surface area contributed by atoms with Gasteiger partial charge in [0.1, 0.15) is 12.4 Å². The minimum atomic E-state index is -1.38. The summed E-state index contributed by atoms with van der Waals surface area (Å²) in [6.45, 7) is -0.0839. The van der Waals surface area contributed by atoms with Gasteiger partial charge in [0, 0.05) is 17.8 Å². The minimum absolute atomic E-state index is 0.0274. The molecule has 12 nitrogen and oxygen atoms in total. The third-order valence-electron chi connectivity index (χ3n) is 6.00. The Labute approximate surface area is 232 Å². The van der Waals surface area contributed by atoms with Gasteiger partial charge in [-0.3, -0.25) is 25.2 Å². The number of amides is 1. The first kappa shape index (κ1) is 28.3. The lowest BCUT2D eigenvalue weighted by Crippen LogP contribution is -2.16. The lowest BCUT2D eigenvalue weighted by atomic mass is 10.0. The predicted molar refractivity (Wildman–Crippen MR) is 147 cm³/mol. The van der Waals surface area contributed by atoms with Crippen molar-refractivity contribution in [1.29, 1.82) is 0 Å². The first-order valence-electron chi connectivity index (χ1n) is 12.0. The van der Waals surface area contributed by atoms with Crippen molar-refractivity contribution >= 4 is 34.9 Å². The molecule has 41 heavy (non-hydrogen) atoms. The summed E-state index contributed by atoms with van der Waals surface area (Å²) in [5, 5.41) is 41.8. The number of carboxylic acid groups (broad SMARTS) is 2. The summed E-state index contributed by atoms with van der Waals surface area (Å²) in [7, 11) is 0. The highest BCUT2D eigenvalue weighted by Crippen LogP contribution is 2.22. The number of anilines is 2. The zero-order valence-corrected chi connectivity index (χ0v) is 21.2. The van der Waals surface area contributed by atoms with Crippen LogP contribution in [0, 0.1) is 10.1 Å². The van der Waals surface area contributed by atoms with Crippen molar-refractivity contribution in [3.05, 3.63) is 128 Å². The van der Waals surface area contributed by atoms with Crippen LogP contribution in [-0.2, 0) is 17.9 Å². The number of rotatable bonds is 11. The average molecular weight is 558 g/mol. The number of phenolic OH excluding ortho intramolecular Hbond substituents is 1. The van der Waals surface area contributed by atoms with Gasteiger partial charge in [0.05, 0.1) is 27.3 Å². The second-order valence-electron chi connectivity index (χ2n) is 8.85. The number of carboxylic acids is 2. The summed E-state index contributed by atoms with van der Waals surface area (Å²) >= 11 is 0. The van der Waals surface area contributed by atoms with Gasteiger partial charge in [0.25, 0.3) is 11.6 Å². The van der Waals surface area contributed by atoms with Crippen molar-refractivity contribution in [2.24, 2.45) is 0 Å². The SMILES string of the molecule is O=C(O)c1ccc(O)cc1CONc1ccc(Cc2ccc(NC(=O)c3cc([N+](=O)[O-])ccc3C(=O)O)cc2)cc1. The van der Waals surface area contributed by atoms with E-state index in [2.05, 4.69) is 10.8 Å². The molecule has 0 saturated heterocycles. The fourth-order valence-corrected chi connectivity index (χ4v) is 3.96. The number of nitrogens with one attached hydrogen (secondary N) is 2. The van der Waals surface area contributed by atoms with Crippen LogP contribution in [0.5, 0.6) is 5.75 Å². The molecule has 0 atom stereocenters. The second-order valence-corrected chi connectivity index (χ2v) is 8.85. The van der Waals surface area contributed by atoms with E-state index < -0.39 is 28.5 Å². The van der Waals surface area contributed by atoms with E-state index >= 15 is 0 Å². The maximum atomic E-state index is 12.7. The van der Waals surface area contributed by atoms with E-state index in [-0.39, 0.29) is 29.0 Å². The number of non-ortho nitro benzene ring substituents is 1. The maximum Gasteiger partial charge on any atom is 0.336 e. The van der Waals surface area contributed by atoms with Gasteiger partial charge in [0.15, 0.2) is 0 Å². The van der Waals surface area contributed by atoms with Crippen LogP contribution >= 0.6 is 0 Å². The molecule has 4 rings (SSSR count). The molecule has 0 spiro atoms. The Morgan fingerprint density at radius 1 is 0.756 bits per heavy atom. The number of aromatic hydroxyl groups is 1. The van der Waals surface area contributed by atoms with Crippen LogP contribution < -0.4 is 10.8 Å². The average Bonchev–Trinajstić information content (AvgIpc) is 2.94. The van der Waals surface area contributed by atoms with E-state index in [0.717, 1.165) is 29.3 Å². The van der Waals surface area contributed by atoms with E-state index in [1.165, 1.54) is 18.2 Å². The molecular weight excluding hydrogens is 534 g/mol. The first-order valence-corrected chi connectivity index (χ1v) is 12.0. The standard InChI is InChI=1S/C29H23N3O9/c33-23-10-12-24(28(35)36)19(14-23)16-41-31-21-7-3-18(4-8-21)13-17-1-5-20(6-2-17)30-27(34)26-15-22(32(39)40)9-11-25(26)29(37)38/h1-12,14-15,31,33H,13,16H2,(H,30,34)(H,35,36)(H,37,38). The zero-order chi connectivity index (χ0) is 29.5. The van der Waals surface area contributed by atoms with Crippen LogP contribution in [0.15, 0.2) is 84.9 Å². The summed E-state index contributed by atoms with van der Waals surface area (Å²) < 4.78 is 0. The maximum absolute atomic E-state index is 12.7. The van der Waals surface area contributed by atoms with Crippen molar-refractivity contribution in [3.8, 4) is 5.75 Å². The van der Waals surface area contributed by atoms with Crippen molar-refractivity contribution < 1.29 is 39.5 Å². The number of nitro groups is 1. The highest BCUT2D eigenvalue weighted by Gasteiger charge is 2.21. The van der Waals surface area contributed by atoms with E-state index in [9.17, 15) is 39.8 Å². The molecule has 0 radical (unpaired) electrons. The number of phenols is 1. The molecule has 208 valence electrons. The molecule has 4 aromatic carbocycles. The molecule has 5 N–H and O–H groups in total. The number of hydrogen-bond acceptors (Lipinski definition) is 8. The van der Waals surface area contributed by atoms with Crippen molar-refractivity contribution in [3.63, 3.8) is 0 Å². The van der Waals surface area contributed by atoms with Gasteiger partial charge in [-0.2, -0.15) is 0 Å². The molecular formula is C29H23N3O9. The van der Waals surface area contributed by atoms with Crippen LogP contribution in [-0.4, -0.2) is 38.1 Å². The van der Waals surface area contributed by atoms with Crippen LogP contribution in [0.3, 0.4) is 0 Å². The van der Waals surface area contributed by atoms with Crippen LogP contribution in [0.1, 0.15) is 47.8 Å². The lowest BCUT2D eigenvalue weighted by molar-refractivity contribution is -0.384. The lowest BCUT2D eigenvalue weighted by Gasteiger charge is -2.11. The minimum Gasteiger partial charge on any atom is -0.508 e. The third kappa shape index (κ3) is 7.22. The van der Waals surface area contributed by atoms with Gasteiger partial charge >= 0.3 is 11.9 Å². The van der Waals surface area contributed by atoms with E-state index in [1.54, 1.807) is 36.4 Å². The molecule has 0 unspecified atom stereocenters. The van der Waals surface area contributed by atoms with Crippen molar-refractivity contribution in [2.45, 2.75) is 13.0 Å². The molecule has 0 aliphatic heterocycles. The molecule has 12 heteroatoms. The normalized spacial score (nSPS) is 10.5. The van der Waals surface area contributed by atoms with Gasteiger partial charge < -0.3 is 20.6 Å². The van der Waals surface area contributed by atoms with Gasteiger partial charge in [-0.1, -0.05) is 24.3 Å². The van der Waals surface area contributed by atoms with Crippen molar-refractivity contribution in [2.75, 3.05) is 10.8 Å². The summed E-state index contributed by atoms with van der Waals surface area (Å²) in [6.07, 6.45) is 0.564. The molecule has 0 aliphatic carbocycles. The highest BCUT2D eigenvalue weighted by atomic mass is 16.6.